The van der Waals surface area contributed by atoms with Gasteiger partial charge in [0.1, 0.15) is 12.0 Å². The third-order valence-electron chi connectivity index (χ3n) is 1.82. The molecule has 0 bridgehead atoms. The molecular weight excluding hydrogens is 214 g/mol. The van der Waals surface area contributed by atoms with Crippen LogP contribution in [-0.2, 0) is 0 Å². The van der Waals surface area contributed by atoms with E-state index in [-0.39, 0.29) is 5.11 Å². The van der Waals surface area contributed by atoms with Crippen LogP contribution >= 0.6 is 12.2 Å². The number of aliphatic hydroxyl groups excluding tert-OH is 1. The molecule has 0 saturated heterocycles. The number of nitrogens with one attached hydrogen (secondary N) is 1. The van der Waals surface area contributed by atoms with Gasteiger partial charge in [-0.15, -0.1) is 0 Å². The number of aliphatic hydroxyl groups is 1. The lowest BCUT2D eigenvalue weighted by Gasteiger charge is -2.12. The van der Waals surface area contributed by atoms with Crippen LogP contribution in [-0.4, -0.2) is 17.3 Å². The quantitative estimate of drug-likeness (QED) is 0.438. The third-order valence-corrected chi connectivity index (χ3v) is 1.92. The van der Waals surface area contributed by atoms with Crippen molar-refractivity contribution in [2.24, 2.45) is 11.5 Å². The summed E-state index contributed by atoms with van der Waals surface area (Å²) in [6, 6.07) is 4.96. The van der Waals surface area contributed by atoms with Crippen LogP contribution in [0.4, 0.5) is 5.69 Å². The van der Waals surface area contributed by atoms with Gasteiger partial charge in [-0.2, -0.15) is 0 Å². The molecule has 0 aromatic heterocycles. The highest BCUT2D eigenvalue weighted by Gasteiger charge is 2.07. The van der Waals surface area contributed by atoms with Crippen molar-refractivity contribution in [1.82, 2.24) is 0 Å². The minimum Gasteiger partial charge on any atom is -0.495 e. The highest BCUT2D eigenvalue weighted by atomic mass is 32.1. The fourth-order valence-corrected chi connectivity index (χ4v) is 1.25. The van der Waals surface area contributed by atoms with Gasteiger partial charge in [-0.1, -0.05) is 6.07 Å². The van der Waals surface area contributed by atoms with E-state index in [9.17, 15) is 5.11 Å². The highest BCUT2D eigenvalue weighted by molar-refractivity contribution is 7.80. The van der Waals surface area contributed by atoms with Gasteiger partial charge >= 0.3 is 0 Å². The smallest absolute Gasteiger partial charge is 0.168 e. The van der Waals surface area contributed by atoms with Crippen molar-refractivity contribution >= 4 is 23.0 Å². The monoisotopic (exact) mass is 227 g/mol. The van der Waals surface area contributed by atoms with Gasteiger partial charge in [0.05, 0.1) is 12.8 Å². The molecule has 0 radical (unpaired) electrons. The molecule has 0 fully saturated rings. The van der Waals surface area contributed by atoms with Crippen LogP contribution in [0.25, 0.3) is 0 Å². The summed E-state index contributed by atoms with van der Waals surface area (Å²) < 4.78 is 5.08. The van der Waals surface area contributed by atoms with Gasteiger partial charge < -0.3 is 26.6 Å². The Morgan fingerprint density at radius 2 is 2.27 bits per heavy atom. The molecule has 1 aromatic rings. The second kappa shape index (κ2) is 4.92. The molecule has 1 atom stereocenters. The van der Waals surface area contributed by atoms with Gasteiger partial charge in [0.2, 0.25) is 0 Å². The Hall–Kier alpha value is -1.37. The molecule has 1 rings (SSSR count). The molecule has 0 aliphatic rings. The van der Waals surface area contributed by atoms with Crippen molar-refractivity contribution < 1.29 is 9.84 Å². The highest BCUT2D eigenvalue weighted by Crippen LogP contribution is 2.26. The summed E-state index contributed by atoms with van der Waals surface area (Å²) in [6.07, 6.45) is -1.04. The Kier molecular flexibility index (Phi) is 3.84. The number of nitrogens with two attached hydrogens (primary N) is 2. The third kappa shape index (κ3) is 3.05. The molecular formula is C9H13N3O2S. The van der Waals surface area contributed by atoms with Gasteiger partial charge in [0, 0.05) is 0 Å². The fourth-order valence-electron chi connectivity index (χ4n) is 1.14. The topological polar surface area (TPSA) is 93.5 Å². The van der Waals surface area contributed by atoms with E-state index in [0.717, 1.165) is 0 Å². The van der Waals surface area contributed by atoms with E-state index in [1.54, 1.807) is 18.2 Å². The summed E-state index contributed by atoms with van der Waals surface area (Å²) in [6.45, 7) is 0. The average molecular weight is 227 g/mol. The molecule has 0 spiro atoms. The normalized spacial score (nSPS) is 11.9. The second-order valence-corrected chi connectivity index (χ2v) is 3.33. The molecule has 5 nitrogen and oxygen atoms in total. The van der Waals surface area contributed by atoms with Gasteiger partial charge in [0.15, 0.2) is 5.11 Å². The number of ether oxygens (including phenoxy) is 1. The Morgan fingerprint density at radius 3 is 2.73 bits per heavy atom. The summed E-state index contributed by atoms with van der Waals surface area (Å²) in [7, 11) is 1.53. The number of rotatable bonds is 3. The van der Waals surface area contributed by atoms with Crippen molar-refractivity contribution in [3.8, 4) is 5.75 Å². The van der Waals surface area contributed by atoms with Gasteiger partial charge in [-0.25, -0.2) is 0 Å². The van der Waals surface area contributed by atoms with Crippen LogP contribution < -0.4 is 21.5 Å². The first kappa shape index (κ1) is 11.7. The zero-order chi connectivity index (χ0) is 11.4. The molecule has 1 aromatic carbocycles. The van der Waals surface area contributed by atoms with Crippen molar-refractivity contribution in [2.75, 3.05) is 12.4 Å². The second-order valence-electron chi connectivity index (χ2n) is 2.89. The SMILES string of the molecule is COc1ccc(C(N)O)cc1NC(N)=S. The van der Waals surface area contributed by atoms with Crippen molar-refractivity contribution in [3.63, 3.8) is 0 Å². The zero-order valence-corrected chi connectivity index (χ0v) is 9.04. The number of hydrogen-bond acceptors (Lipinski definition) is 4. The minimum atomic E-state index is -1.04. The first-order valence-corrected chi connectivity index (χ1v) is 4.63. The molecule has 82 valence electrons. The molecule has 0 heterocycles. The summed E-state index contributed by atoms with van der Waals surface area (Å²) in [5.41, 5.74) is 11.8. The van der Waals surface area contributed by atoms with E-state index >= 15 is 0 Å². The maximum Gasteiger partial charge on any atom is 0.168 e. The lowest BCUT2D eigenvalue weighted by Crippen LogP contribution is -2.20. The summed E-state index contributed by atoms with van der Waals surface area (Å²) >= 11 is 4.71. The first-order chi connectivity index (χ1) is 7.04. The largest absolute Gasteiger partial charge is 0.495 e. The average Bonchev–Trinajstić information content (AvgIpc) is 2.16. The molecule has 0 amide bonds. The van der Waals surface area contributed by atoms with Gasteiger partial charge in [-0.3, -0.25) is 0 Å². The Morgan fingerprint density at radius 1 is 1.60 bits per heavy atom. The predicted molar refractivity (Wildman–Crippen MR) is 62.5 cm³/mol. The molecule has 0 aliphatic carbocycles. The van der Waals surface area contributed by atoms with E-state index in [2.05, 4.69) is 5.32 Å². The molecule has 15 heavy (non-hydrogen) atoms. The standard InChI is InChI=1S/C9H13N3O2S/c1-14-7-3-2-5(8(10)13)4-6(7)12-9(11)15/h2-4,8,13H,10H2,1H3,(H3,11,12,15). The number of benzene rings is 1. The van der Waals surface area contributed by atoms with Crippen LogP contribution in [0.1, 0.15) is 11.8 Å². The minimum absolute atomic E-state index is 0.122. The van der Waals surface area contributed by atoms with Crippen LogP contribution in [0.5, 0.6) is 5.75 Å². The van der Waals surface area contributed by atoms with Gasteiger partial charge in [-0.05, 0) is 29.9 Å². The van der Waals surface area contributed by atoms with E-state index in [4.69, 9.17) is 28.4 Å². The molecule has 6 N–H and O–H groups in total. The Balaban J connectivity index is 3.07. The number of thiocarbonyl (C=S) groups is 1. The number of anilines is 1. The van der Waals surface area contributed by atoms with Crippen LogP contribution in [0.15, 0.2) is 18.2 Å². The van der Waals surface area contributed by atoms with E-state index in [0.29, 0.717) is 17.0 Å². The van der Waals surface area contributed by atoms with Crippen LogP contribution in [0, 0.1) is 0 Å². The molecule has 1 unspecified atom stereocenters. The lowest BCUT2D eigenvalue weighted by atomic mass is 10.1. The lowest BCUT2D eigenvalue weighted by molar-refractivity contribution is 0.186. The van der Waals surface area contributed by atoms with Crippen molar-refractivity contribution in [3.05, 3.63) is 23.8 Å². The Bertz CT molecular complexity index is 368. The fraction of sp³-hybridized carbons (Fsp3) is 0.222. The van der Waals surface area contributed by atoms with E-state index < -0.39 is 6.23 Å². The van der Waals surface area contributed by atoms with Crippen LogP contribution in [0.2, 0.25) is 0 Å². The predicted octanol–water partition coefficient (Wildman–Crippen LogP) is 0.300. The summed E-state index contributed by atoms with van der Waals surface area (Å²) in [5.74, 6) is 0.576. The molecule has 6 heteroatoms. The van der Waals surface area contributed by atoms with Crippen LogP contribution in [0.3, 0.4) is 0 Å². The van der Waals surface area contributed by atoms with E-state index in [1.807, 2.05) is 0 Å². The number of hydrogen-bond donors (Lipinski definition) is 4. The maximum atomic E-state index is 9.19. The number of methoxy groups -OCH3 is 1. The van der Waals surface area contributed by atoms with Gasteiger partial charge in [0.25, 0.3) is 0 Å². The molecule has 0 saturated carbocycles. The maximum absolute atomic E-state index is 9.19. The van der Waals surface area contributed by atoms with Crippen molar-refractivity contribution in [1.29, 1.82) is 0 Å². The summed E-state index contributed by atoms with van der Waals surface area (Å²) in [5, 5.41) is 12.1. The molecule has 0 aliphatic heterocycles. The van der Waals surface area contributed by atoms with Crippen molar-refractivity contribution in [2.45, 2.75) is 6.23 Å². The first-order valence-electron chi connectivity index (χ1n) is 4.22. The van der Waals surface area contributed by atoms with E-state index in [1.165, 1.54) is 7.11 Å². The summed E-state index contributed by atoms with van der Waals surface area (Å²) in [4.78, 5) is 0. The Labute approximate surface area is 93.0 Å². The zero-order valence-electron chi connectivity index (χ0n) is 8.23.